The predicted molar refractivity (Wildman–Crippen MR) is 52.9 cm³/mol. The van der Waals surface area contributed by atoms with Crippen molar-refractivity contribution < 1.29 is 13.2 Å². The summed E-state index contributed by atoms with van der Waals surface area (Å²) in [5.41, 5.74) is 5.07. The standard InChI is InChI=1S/C11H14F3N/c1-3-4-7-6(2)9(12)8(5-15)11(14)10(7)13/h3-5,15H2,1-2H3. The summed E-state index contributed by atoms with van der Waals surface area (Å²) < 4.78 is 40.4. The Balaban J connectivity index is 3.44. The molecule has 0 spiro atoms. The molecule has 0 atom stereocenters. The highest BCUT2D eigenvalue weighted by Gasteiger charge is 2.20. The molecule has 1 nitrogen and oxygen atoms in total. The van der Waals surface area contributed by atoms with Gasteiger partial charge in [0.25, 0.3) is 0 Å². The van der Waals surface area contributed by atoms with E-state index in [4.69, 9.17) is 5.73 Å². The van der Waals surface area contributed by atoms with E-state index in [-0.39, 0.29) is 23.2 Å². The van der Waals surface area contributed by atoms with Crippen molar-refractivity contribution in [3.63, 3.8) is 0 Å². The molecule has 0 aliphatic heterocycles. The first-order valence-corrected chi connectivity index (χ1v) is 4.89. The number of halogens is 3. The molecule has 0 fully saturated rings. The highest BCUT2D eigenvalue weighted by Crippen LogP contribution is 2.25. The molecule has 0 aliphatic rings. The van der Waals surface area contributed by atoms with Crippen LogP contribution in [0.2, 0.25) is 0 Å². The van der Waals surface area contributed by atoms with Crippen molar-refractivity contribution in [1.82, 2.24) is 0 Å². The fourth-order valence-corrected chi connectivity index (χ4v) is 1.61. The number of rotatable bonds is 3. The number of hydrogen-bond donors (Lipinski definition) is 1. The highest BCUT2D eigenvalue weighted by atomic mass is 19.2. The lowest BCUT2D eigenvalue weighted by molar-refractivity contribution is 0.466. The van der Waals surface area contributed by atoms with E-state index < -0.39 is 17.5 Å². The van der Waals surface area contributed by atoms with Crippen LogP contribution in [0.15, 0.2) is 0 Å². The van der Waals surface area contributed by atoms with Gasteiger partial charge in [-0.3, -0.25) is 0 Å². The maximum Gasteiger partial charge on any atom is 0.166 e. The molecule has 0 aliphatic carbocycles. The first-order valence-electron chi connectivity index (χ1n) is 4.89. The Kier molecular flexibility index (Phi) is 3.74. The van der Waals surface area contributed by atoms with Crippen LogP contribution in [0.3, 0.4) is 0 Å². The SMILES string of the molecule is CCCc1c(C)c(F)c(CN)c(F)c1F. The van der Waals surface area contributed by atoms with Crippen molar-refractivity contribution in [2.45, 2.75) is 33.2 Å². The second-order valence-electron chi connectivity index (χ2n) is 3.48. The lowest BCUT2D eigenvalue weighted by Gasteiger charge is -2.12. The zero-order chi connectivity index (χ0) is 11.6. The van der Waals surface area contributed by atoms with E-state index in [2.05, 4.69) is 0 Å². The van der Waals surface area contributed by atoms with E-state index in [9.17, 15) is 13.2 Å². The van der Waals surface area contributed by atoms with Crippen LogP contribution >= 0.6 is 0 Å². The van der Waals surface area contributed by atoms with Gasteiger partial charge in [0.05, 0.1) is 0 Å². The van der Waals surface area contributed by atoms with Gasteiger partial charge < -0.3 is 5.73 Å². The molecule has 0 bridgehead atoms. The maximum atomic E-state index is 13.5. The van der Waals surface area contributed by atoms with Gasteiger partial charge in [0.1, 0.15) is 5.82 Å². The summed E-state index contributed by atoms with van der Waals surface area (Å²) in [5, 5.41) is 0. The van der Waals surface area contributed by atoms with E-state index in [0.29, 0.717) is 12.8 Å². The summed E-state index contributed by atoms with van der Waals surface area (Å²) in [4.78, 5) is 0. The van der Waals surface area contributed by atoms with E-state index >= 15 is 0 Å². The summed E-state index contributed by atoms with van der Waals surface area (Å²) in [6.45, 7) is 2.94. The zero-order valence-electron chi connectivity index (χ0n) is 8.83. The van der Waals surface area contributed by atoms with Gasteiger partial charge in [-0.25, -0.2) is 13.2 Å². The summed E-state index contributed by atoms with van der Waals surface area (Å²) in [7, 11) is 0. The van der Waals surface area contributed by atoms with Crippen LogP contribution in [-0.4, -0.2) is 0 Å². The Morgan fingerprint density at radius 2 is 1.53 bits per heavy atom. The van der Waals surface area contributed by atoms with Gasteiger partial charge in [0, 0.05) is 12.1 Å². The Bertz CT molecular complexity index is 346. The predicted octanol–water partition coefficient (Wildman–Crippen LogP) is 2.82. The second-order valence-corrected chi connectivity index (χ2v) is 3.48. The van der Waals surface area contributed by atoms with E-state index in [1.54, 1.807) is 0 Å². The third-order valence-corrected chi connectivity index (χ3v) is 2.47. The molecule has 0 saturated carbocycles. The van der Waals surface area contributed by atoms with E-state index in [1.807, 2.05) is 6.92 Å². The van der Waals surface area contributed by atoms with E-state index in [0.717, 1.165) is 0 Å². The molecule has 15 heavy (non-hydrogen) atoms. The van der Waals surface area contributed by atoms with Crippen LogP contribution in [0.4, 0.5) is 13.2 Å². The lowest BCUT2D eigenvalue weighted by atomic mass is 9.99. The Hall–Kier alpha value is -1.03. The fourth-order valence-electron chi connectivity index (χ4n) is 1.61. The minimum atomic E-state index is -1.15. The molecular formula is C11H14F3N. The van der Waals surface area contributed by atoms with Gasteiger partial charge >= 0.3 is 0 Å². The molecule has 4 heteroatoms. The third-order valence-electron chi connectivity index (χ3n) is 2.47. The van der Waals surface area contributed by atoms with Crippen LogP contribution in [0.1, 0.15) is 30.0 Å². The topological polar surface area (TPSA) is 26.0 Å². The fraction of sp³-hybridized carbons (Fsp3) is 0.455. The molecule has 1 rings (SSSR count). The van der Waals surface area contributed by atoms with Gasteiger partial charge in [-0.2, -0.15) is 0 Å². The minimum absolute atomic E-state index is 0.115. The zero-order valence-corrected chi connectivity index (χ0v) is 8.83. The van der Waals surface area contributed by atoms with Gasteiger partial charge in [-0.1, -0.05) is 13.3 Å². The summed E-state index contributed by atoms with van der Waals surface area (Å²) in [6, 6.07) is 0. The van der Waals surface area contributed by atoms with Crippen molar-refractivity contribution in [3.05, 3.63) is 34.1 Å². The van der Waals surface area contributed by atoms with Crippen LogP contribution in [0, 0.1) is 24.4 Å². The molecule has 1 aromatic rings. The largest absolute Gasteiger partial charge is 0.326 e. The molecule has 84 valence electrons. The molecule has 0 heterocycles. The molecule has 1 aromatic carbocycles. The van der Waals surface area contributed by atoms with Crippen molar-refractivity contribution in [2.24, 2.45) is 5.73 Å². The quantitative estimate of drug-likeness (QED) is 0.774. The van der Waals surface area contributed by atoms with Crippen molar-refractivity contribution in [3.8, 4) is 0 Å². The first kappa shape index (κ1) is 12.0. The monoisotopic (exact) mass is 217 g/mol. The first-order chi connectivity index (χ1) is 7.04. The Morgan fingerprint density at radius 3 is 2.00 bits per heavy atom. The van der Waals surface area contributed by atoms with Gasteiger partial charge in [-0.15, -0.1) is 0 Å². The molecule has 0 amide bonds. The van der Waals surface area contributed by atoms with Crippen molar-refractivity contribution >= 4 is 0 Å². The Labute approximate surface area is 87.1 Å². The van der Waals surface area contributed by atoms with Gasteiger partial charge in [0.15, 0.2) is 11.6 Å². The van der Waals surface area contributed by atoms with Gasteiger partial charge in [-0.05, 0) is 24.5 Å². The molecule has 0 aromatic heterocycles. The molecule has 0 saturated heterocycles. The third kappa shape index (κ3) is 2.00. The summed E-state index contributed by atoms with van der Waals surface area (Å²) in [6.07, 6.45) is 0.967. The van der Waals surface area contributed by atoms with Crippen LogP contribution in [0.25, 0.3) is 0 Å². The average Bonchev–Trinajstić information content (AvgIpc) is 2.23. The van der Waals surface area contributed by atoms with Crippen LogP contribution < -0.4 is 5.73 Å². The van der Waals surface area contributed by atoms with Crippen molar-refractivity contribution in [2.75, 3.05) is 0 Å². The minimum Gasteiger partial charge on any atom is -0.326 e. The number of benzene rings is 1. The molecule has 2 N–H and O–H groups in total. The number of nitrogens with two attached hydrogens (primary N) is 1. The summed E-state index contributed by atoms with van der Waals surface area (Å²) >= 11 is 0. The van der Waals surface area contributed by atoms with Crippen molar-refractivity contribution in [1.29, 1.82) is 0 Å². The number of hydrogen-bond acceptors (Lipinski definition) is 1. The Morgan fingerprint density at radius 1 is 1.00 bits per heavy atom. The van der Waals surface area contributed by atoms with Crippen LogP contribution in [0.5, 0.6) is 0 Å². The maximum absolute atomic E-state index is 13.5. The second kappa shape index (κ2) is 4.66. The van der Waals surface area contributed by atoms with E-state index in [1.165, 1.54) is 6.92 Å². The molecular weight excluding hydrogens is 203 g/mol. The lowest BCUT2D eigenvalue weighted by Crippen LogP contribution is -2.11. The smallest absolute Gasteiger partial charge is 0.166 e. The normalized spacial score (nSPS) is 10.8. The van der Waals surface area contributed by atoms with Gasteiger partial charge in [0.2, 0.25) is 0 Å². The molecule has 0 unspecified atom stereocenters. The molecule has 0 radical (unpaired) electrons. The summed E-state index contributed by atoms with van der Waals surface area (Å²) in [5.74, 6) is -2.83. The highest BCUT2D eigenvalue weighted by molar-refractivity contribution is 5.35. The van der Waals surface area contributed by atoms with Crippen LogP contribution in [-0.2, 0) is 13.0 Å². The average molecular weight is 217 g/mol.